The number of carbonyl (C=O) groups excluding carboxylic acids is 1. The van der Waals surface area contributed by atoms with Gasteiger partial charge in [-0.2, -0.15) is 11.8 Å². The van der Waals surface area contributed by atoms with Crippen molar-refractivity contribution in [1.29, 1.82) is 0 Å². The van der Waals surface area contributed by atoms with Crippen molar-refractivity contribution in [2.45, 2.75) is 11.7 Å². The lowest BCUT2D eigenvalue weighted by atomic mass is 10.3. The van der Waals surface area contributed by atoms with Crippen LogP contribution >= 0.6 is 11.8 Å². The first-order valence-corrected chi connectivity index (χ1v) is 4.11. The van der Waals surface area contributed by atoms with Crippen molar-refractivity contribution in [3.05, 3.63) is 0 Å². The quantitative estimate of drug-likeness (QED) is 0.537. The predicted molar refractivity (Wildman–Crippen MR) is 37.7 cm³/mol. The van der Waals surface area contributed by atoms with Crippen LogP contribution in [-0.4, -0.2) is 30.5 Å². The zero-order chi connectivity index (χ0) is 6.53. The summed E-state index contributed by atoms with van der Waals surface area (Å²) in [7, 11) is 0. The van der Waals surface area contributed by atoms with Gasteiger partial charge >= 0.3 is 0 Å². The van der Waals surface area contributed by atoms with Gasteiger partial charge in [-0.1, -0.05) is 0 Å². The van der Waals surface area contributed by atoms with Crippen molar-refractivity contribution < 1.29 is 9.53 Å². The smallest absolute Gasteiger partial charge is 0.121 e. The maximum absolute atomic E-state index is 10.0. The Hall–Kier alpha value is -0.0200. The third-order valence-electron chi connectivity index (χ3n) is 1.24. The van der Waals surface area contributed by atoms with Gasteiger partial charge in [-0.15, -0.1) is 0 Å². The molecule has 9 heavy (non-hydrogen) atoms. The van der Waals surface area contributed by atoms with Gasteiger partial charge in [0, 0.05) is 17.4 Å². The van der Waals surface area contributed by atoms with Crippen LogP contribution in [0.2, 0.25) is 0 Å². The topological polar surface area (TPSA) is 26.3 Å². The molecule has 0 aliphatic carbocycles. The van der Waals surface area contributed by atoms with Crippen molar-refractivity contribution in [3.63, 3.8) is 0 Å². The molecule has 0 amide bonds. The van der Waals surface area contributed by atoms with E-state index in [9.17, 15) is 4.79 Å². The summed E-state index contributed by atoms with van der Waals surface area (Å²) in [6, 6.07) is 0. The molecule has 1 fully saturated rings. The number of aldehydes is 1. The Labute approximate surface area is 59.0 Å². The first-order valence-electron chi connectivity index (χ1n) is 3.06. The van der Waals surface area contributed by atoms with E-state index in [4.69, 9.17) is 4.74 Å². The van der Waals surface area contributed by atoms with Gasteiger partial charge in [0.1, 0.15) is 6.29 Å². The maximum Gasteiger partial charge on any atom is 0.121 e. The molecule has 0 aromatic rings. The third-order valence-corrected chi connectivity index (χ3v) is 2.45. The summed E-state index contributed by atoms with van der Waals surface area (Å²) >= 11 is 1.83. The van der Waals surface area contributed by atoms with Crippen LogP contribution in [0.15, 0.2) is 0 Å². The van der Waals surface area contributed by atoms with Crippen molar-refractivity contribution in [3.8, 4) is 0 Å². The van der Waals surface area contributed by atoms with Crippen LogP contribution in [0, 0.1) is 0 Å². The molecule has 1 aliphatic rings. The number of carbonyl (C=O) groups is 1. The SMILES string of the molecule is O=CCC1COCCS1. The number of rotatable bonds is 2. The third kappa shape index (κ3) is 2.37. The fourth-order valence-electron chi connectivity index (χ4n) is 0.780. The fourth-order valence-corrected chi connectivity index (χ4v) is 1.73. The molecule has 1 aliphatic heterocycles. The van der Waals surface area contributed by atoms with E-state index in [2.05, 4.69) is 0 Å². The van der Waals surface area contributed by atoms with Crippen molar-refractivity contribution in [1.82, 2.24) is 0 Å². The monoisotopic (exact) mass is 146 g/mol. The summed E-state index contributed by atoms with van der Waals surface area (Å²) in [5.41, 5.74) is 0. The van der Waals surface area contributed by atoms with Crippen molar-refractivity contribution in [2.24, 2.45) is 0 Å². The van der Waals surface area contributed by atoms with Gasteiger partial charge in [0.15, 0.2) is 0 Å². The molecule has 0 radical (unpaired) electrons. The second-order valence-corrected chi connectivity index (χ2v) is 3.38. The molecule has 1 saturated heterocycles. The van der Waals surface area contributed by atoms with Gasteiger partial charge in [-0.05, 0) is 0 Å². The highest BCUT2D eigenvalue weighted by molar-refractivity contribution is 8.00. The first-order chi connectivity index (χ1) is 4.43. The van der Waals surface area contributed by atoms with Gasteiger partial charge in [0.05, 0.1) is 13.2 Å². The zero-order valence-corrected chi connectivity index (χ0v) is 6.02. The van der Waals surface area contributed by atoms with Gasteiger partial charge in [0.2, 0.25) is 0 Å². The lowest BCUT2D eigenvalue weighted by Crippen LogP contribution is -2.20. The van der Waals surface area contributed by atoms with E-state index in [1.165, 1.54) is 0 Å². The standard InChI is InChI=1S/C6H10O2S/c7-2-1-6-5-8-3-4-9-6/h2,6H,1,3-5H2. The van der Waals surface area contributed by atoms with Crippen LogP contribution in [0.1, 0.15) is 6.42 Å². The summed E-state index contributed by atoms with van der Waals surface area (Å²) in [4.78, 5) is 10.0. The first kappa shape index (κ1) is 7.09. The van der Waals surface area contributed by atoms with Gasteiger partial charge in [-0.25, -0.2) is 0 Å². The minimum absolute atomic E-state index is 0.427. The Morgan fingerprint density at radius 3 is 3.22 bits per heavy atom. The molecule has 0 N–H and O–H groups in total. The molecule has 1 rings (SSSR count). The molecular formula is C6H10O2S. The summed E-state index contributed by atoms with van der Waals surface area (Å²) in [6.45, 7) is 1.60. The van der Waals surface area contributed by atoms with E-state index >= 15 is 0 Å². The average Bonchev–Trinajstić information content (AvgIpc) is 1.91. The molecular weight excluding hydrogens is 136 g/mol. The number of hydrogen-bond acceptors (Lipinski definition) is 3. The molecule has 1 unspecified atom stereocenters. The second-order valence-electron chi connectivity index (χ2n) is 1.97. The van der Waals surface area contributed by atoms with Crippen molar-refractivity contribution >= 4 is 18.0 Å². The van der Waals surface area contributed by atoms with E-state index in [0.29, 0.717) is 11.7 Å². The normalized spacial score (nSPS) is 27.8. The van der Waals surface area contributed by atoms with E-state index in [1.807, 2.05) is 11.8 Å². The maximum atomic E-state index is 10.0. The molecule has 1 heterocycles. The van der Waals surface area contributed by atoms with Crippen LogP contribution in [0.4, 0.5) is 0 Å². The van der Waals surface area contributed by atoms with Crippen molar-refractivity contribution in [2.75, 3.05) is 19.0 Å². The Kier molecular flexibility index (Phi) is 3.08. The predicted octanol–water partition coefficient (Wildman–Crippen LogP) is 0.707. The molecule has 0 aromatic carbocycles. The highest BCUT2D eigenvalue weighted by Gasteiger charge is 2.12. The lowest BCUT2D eigenvalue weighted by Gasteiger charge is -2.18. The zero-order valence-electron chi connectivity index (χ0n) is 5.21. The minimum atomic E-state index is 0.427. The van der Waals surface area contributed by atoms with E-state index in [1.54, 1.807) is 0 Å². The van der Waals surface area contributed by atoms with Gasteiger partial charge in [0.25, 0.3) is 0 Å². The fraction of sp³-hybridized carbons (Fsp3) is 0.833. The molecule has 52 valence electrons. The van der Waals surface area contributed by atoms with Crippen LogP contribution in [-0.2, 0) is 9.53 Å². The van der Waals surface area contributed by atoms with Gasteiger partial charge < -0.3 is 9.53 Å². The summed E-state index contributed by atoms with van der Waals surface area (Å²) in [5, 5.41) is 0.427. The van der Waals surface area contributed by atoms with Crippen LogP contribution in [0.5, 0.6) is 0 Å². The summed E-state index contributed by atoms with van der Waals surface area (Å²) in [6.07, 6.45) is 1.61. The molecule has 0 saturated carbocycles. The Morgan fingerprint density at radius 1 is 1.78 bits per heavy atom. The number of hydrogen-bond donors (Lipinski definition) is 0. The molecule has 0 spiro atoms. The van der Waals surface area contributed by atoms with Gasteiger partial charge in [-0.3, -0.25) is 0 Å². The molecule has 3 heteroatoms. The van der Waals surface area contributed by atoms with E-state index < -0.39 is 0 Å². The van der Waals surface area contributed by atoms with E-state index in [0.717, 1.165) is 25.3 Å². The molecule has 2 nitrogen and oxygen atoms in total. The minimum Gasteiger partial charge on any atom is -0.379 e. The number of thioether (sulfide) groups is 1. The highest BCUT2D eigenvalue weighted by Crippen LogP contribution is 2.17. The Bertz CT molecular complexity index is 89.1. The second kappa shape index (κ2) is 3.90. The Balaban J connectivity index is 2.15. The number of ether oxygens (including phenoxy) is 1. The molecule has 0 aromatic heterocycles. The van der Waals surface area contributed by atoms with Crippen LogP contribution in [0.3, 0.4) is 0 Å². The largest absolute Gasteiger partial charge is 0.379 e. The summed E-state index contributed by atoms with van der Waals surface area (Å²) in [5.74, 6) is 1.04. The van der Waals surface area contributed by atoms with Crippen LogP contribution in [0.25, 0.3) is 0 Å². The van der Waals surface area contributed by atoms with E-state index in [-0.39, 0.29) is 0 Å². The highest BCUT2D eigenvalue weighted by atomic mass is 32.2. The van der Waals surface area contributed by atoms with Crippen LogP contribution < -0.4 is 0 Å². The summed E-state index contributed by atoms with van der Waals surface area (Å²) < 4.78 is 5.15. The Morgan fingerprint density at radius 2 is 2.67 bits per heavy atom. The molecule has 0 bridgehead atoms. The average molecular weight is 146 g/mol. The molecule has 1 atom stereocenters. The lowest BCUT2D eigenvalue weighted by molar-refractivity contribution is -0.108.